The second-order valence-electron chi connectivity index (χ2n) is 3.99. The highest BCUT2D eigenvalue weighted by atomic mass is 32.2. The summed E-state index contributed by atoms with van der Waals surface area (Å²) < 4.78 is 24.1. The molecule has 1 N–H and O–H groups in total. The lowest BCUT2D eigenvalue weighted by molar-refractivity contribution is 0.454. The van der Waals surface area contributed by atoms with Gasteiger partial charge in [-0.1, -0.05) is 26.7 Å². The van der Waals surface area contributed by atoms with E-state index in [4.69, 9.17) is 0 Å². The lowest BCUT2D eigenvalue weighted by Crippen LogP contribution is -2.33. The standard InChI is InChI=1S/C10H24N2O2S/c1-5-10(6-2)9-11-7-8-15(13,14)12(3)4/h10-11H,5-9H2,1-4H3. The largest absolute Gasteiger partial charge is 0.315 e. The molecule has 0 aliphatic heterocycles. The molecule has 0 aromatic heterocycles. The van der Waals surface area contributed by atoms with Gasteiger partial charge in [0.05, 0.1) is 5.75 Å². The molecule has 0 unspecified atom stereocenters. The Hall–Kier alpha value is -0.130. The van der Waals surface area contributed by atoms with Crippen LogP contribution in [0.2, 0.25) is 0 Å². The molecule has 0 aliphatic rings. The summed E-state index contributed by atoms with van der Waals surface area (Å²) in [6.07, 6.45) is 2.29. The maximum absolute atomic E-state index is 11.4. The molecule has 0 spiro atoms. The van der Waals surface area contributed by atoms with Gasteiger partial charge in [0.15, 0.2) is 0 Å². The Morgan fingerprint density at radius 2 is 1.73 bits per heavy atom. The predicted molar refractivity (Wildman–Crippen MR) is 64.4 cm³/mol. The molecule has 0 bridgehead atoms. The van der Waals surface area contributed by atoms with Gasteiger partial charge in [0.2, 0.25) is 10.0 Å². The summed E-state index contributed by atoms with van der Waals surface area (Å²) in [6, 6.07) is 0. The molecule has 15 heavy (non-hydrogen) atoms. The zero-order chi connectivity index (χ0) is 11.9. The Morgan fingerprint density at radius 3 is 2.13 bits per heavy atom. The van der Waals surface area contributed by atoms with Crippen molar-refractivity contribution in [2.45, 2.75) is 26.7 Å². The van der Waals surface area contributed by atoms with Crippen LogP contribution in [-0.4, -0.2) is 45.7 Å². The SMILES string of the molecule is CCC(CC)CNCCS(=O)(=O)N(C)C. The third-order valence-corrected chi connectivity index (χ3v) is 4.51. The van der Waals surface area contributed by atoms with Gasteiger partial charge < -0.3 is 5.32 Å². The summed E-state index contributed by atoms with van der Waals surface area (Å²) >= 11 is 0. The van der Waals surface area contributed by atoms with Gasteiger partial charge >= 0.3 is 0 Å². The lowest BCUT2D eigenvalue weighted by atomic mass is 10.0. The van der Waals surface area contributed by atoms with Crippen molar-refractivity contribution < 1.29 is 8.42 Å². The first-order valence-corrected chi connectivity index (χ1v) is 7.15. The van der Waals surface area contributed by atoms with Crippen LogP contribution in [0.15, 0.2) is 0 Å². The van der Waals surface area contributed by atoms with Gasteiger partial charge in [-0.15, -0.1) is 0 Å². The highest BCUT2D eigenvalue weighted by Gasteiger charge is 2.12. The van der Waals surface area contributed by atoms with Crippen molar-refractivity contribution in [1.82, 2.24) is 9.62 Å². The molecule has 0 saturated carbocycles. The highest BCUT2D eigenvalue weighted by Crippen LogP contribution is 2.04. The smallest absolute Gasteiger partial charge is 0.214 e. The van der Waals surface area contributed by atoms with Crippen molar-refractivity contribution in [3.63, 3.8) is 0 Å². The first kappa shape index (κ1) is 14.9. The molecule has 0 fully saturated rings. The van der Waals surface area contributed by atoms with E-state index in [1.165, 1.54) is 4.31 Å². The minimum atomic E-state index is -3.04. The zero-order valence-electron chi connectivity index (χ0n) is 10.3. The van der Waals surface area contributed by atoms with Crippen LogP contribution >= 0.6 is 0 Å². The molecule has 0 aromatic rings. The first-order valence-electron chi connectivity index (χ1n) is 5.55. The van der Waals surface area contributed by atoms with Crippen LogP contribution in [0.4, 0.5) is 0 Å². The van der Waals surface area contributed by atoms with Crippen molar-refractivity contribution in [3.8, 4) is 0 Å². The maximum Gasteiger partial charge on any atom is 0.214 e. The van der Waals surface area contributed by atoms with Crippen LogP contribution in [0.1, 0.15) is 26.7 Å². The minimum absolute atomic E-state index is 0.181. The van der Waals surface area contributed by atoms with E-state index < -0.39 is 10.0 Å². The van der Waals surface area contributed by atoms with E-state index in [9.17, 15) is 8.42 Å². The van der Waals surface area contributed by atoms with Gasteiger partial charge in [-0.25, -0.2) is 12.7 Å². The van der Waals surface area contributed by atoms with Crippen LogP contribution in [0.5, 0.6) is 0 Å². The number of nitrogens with one attached hydrogen (secondary N) is 1. The number of nitrogens with zero attached hydrogens (tertiary/aromatic N) is 1. The fourth-order valence-corrected chi connectivity index (χ4v) is 2.03. The Kier molecular flexibility index (Phi) is 7.13. The van der Waals surface area contributed by atoms with Crippen molar-refractivity contribution in [1.29, 1.82) is 0 Å². The van der Waals surface area contributed by atoms with E-state index in [1.54, 1.807) is 14.1 Å². The molecule has 0 radical (unpaired) electrons. The second-order valence-corrected chi connectivity index (χ2v) is 6.29. The third-order valence-electron chi connectivity index (χ3n) is 2.68. The fourth-order valence-electron chi connectivity index (χ4n) is 1.27. The number of hydrogen-bond donors (Lipinski definition) is 1. The van der Waals surface area contributed by atoms with Crippen LogP contribution in [0, 0.1) is 5.92 Å². The fraction of sp³-hybridized carbons (Fsp3) is 1.00. The topological polar surface area (TPSA) is 49.4 Å². The van der Waals surface area contributed by atoms with Crippen molar-refractivity contribution in [3.05, 3.63) is 0 Å². The molecule has 4 nitrogen and oxygen atoms in total. The molecule has 0 saturated heterocycles. The van der Waals surface area contributed by atoms with Crippen molar-refractivity contribution in [2.75, 3.05) is 32.9 Å². The summed E-state index contributed by atoms with van der Waals surface area (Å²) in [7, 11) is 0.0926. The zero-order valence-corrected chi connectivity index (χ0v) is 11.1. The Morgan fingerprint density at radius 1 is 1.20 bits per heavy atom. The Balaban J connectivity index is 3.72. The lowest BCUT2D eigenvalue weighted by Gasteiger charge is -2.14. The molecule has 0 aliphatic carbocycles. The first-order chi connectivity index (χ1) is 6.94. The molecule has 5 heteroatoms. The van der Waals surface area contributed by atoms with E-state index in [1.807, 2.05) is 0 Å². The molecular weight excluding hydrogens is 212 g/mol. The van der Waals surface area contributed by atoms with Gasteiger partial charge in [-0.05, 0) is 12.5 Å². The third kappa shape index (κ3) is 6.12. The summed E-state index contributed by atoms with van der Waals surface area (Å²) in [6.45, 7) is 5.77. The molecule has 92 valence electrons. The van der Waals surface area contributed by atoms with E-state index in [0.29, 0.717) is 12.5 Å². The average molecular weight is 236 g/mol. The van der Waals surface area contributed by atoms with E-state index >= 15 is 0 Å². The molecule has 0 atom stereocenters. The van der Waals surface area contributed by atoms with E-state index in [2.05, 4.69) is 19.2 Å². The summed E-state index contributed by atoms with van der Waals surface area (Å²) in [5.74, 6) is 0.840. The molecular formula is C10H24N2O2S. The van der Waals surface area contributed by atoms with Crippen LogP contribution in [-0.2, 0) is 10.0 Å². The molecule has 0 aromatic carbocycles. The van der Waals surface area contributed by atoms with E-state index in [-0.39, 0.29) is 5.75 Å². The van der Waals surface area contributed by atoms with Crippen molar-refractivity contribution >= 4 is 10.0 Å². The summed E-state index contributed by atoms with van der Waals surface area (Å²) in [4.78, 5) is 0. The minimum Gasteiger partial charge on any atom is -0.315 e. The Labute approximate surface area is 94.1 Å². The monoisotopic (exact) mass is 236 g/mol. The van der Waals surface area contributed by atoms with Gasteiger partial charge in [0.25, 0.3) is 0 Å². The predicted octanol–water partition coefficient (Wildman–Crippen LogP) is 0.904. The maximum atomic E-state index is 11.4. The Bertz CT molecular complexity index is 246. The van der Waals surface area contributed by atoms with Crippen molar-refractivity contribution in [2.24, 2.45) is 5.92 Å². The normalized spacial score (nSPS) is 12.7. The van der Waals surface area contributed by atoms with Gasteiger partial charge in [0, 0.05) is 20.6 Å². The second kappa shape index (κ2) is 7.19. The average Bonchev–Trinajstić information content (AvgIpc) is 2.18. The molecule has 0 amide bonds. The van der Waals surface area contributed by atoms with Crippen LogP contribution in [0.25, 0.3) is 0 Å². The van der Waals surface area contributed by atoms with E-state index in [0.717, 1.165) is 19.4 Å². The number of hydrogen-bond acceptors (Lipinski definition) is 3. The number of sulfonamides is 1. The van der Waals surface area contributed by atoms with Gasteiger partial charge in [-0.3, -0.25) is 0 Å². The highest BCUT2D eigenvalue weighted by molar-refractivity contribution is 7.89. The van der Waals surface area contributed by atoms with Crippen LogP contribution in [0.3, 0.4) is 0 Å². The quantitative estimate of drug-likeness (QED) is 0.637. The van der Waals surface area contributed by atoms with Gasteiger partial charge in [-0.2, -0.15) is 0 Å². The summed E-state index contributed by atoms with van der Waals surface area (Å²) in [5, 5.41) is 3.19. The summed E-state index contributed by atoms with van der Waals surface area (Å²) in [5.41, 5.74) is 0. The van der Waals surface area contributed by atoms with Gasteiger partial charge in [0.1, 0.15) is 0 Å². The number of rotatable bonds is 8. The molecule has 0 rings (SSSR count). The van der Waals surface area contributed by atoms with Crippen LogP contribution < -0.4 is 5.32 Å². The molecule has 0 heterocycles.